The highest BCUT2D eigenvalue weighted by atomic mass is 15.4. The maximum Gasteiger partial charge on any atom is 0.143 e. The Morgan fingerprint density at radius 3 is 1.50 bits per heavy atom. The number of pyridine rings is 2. The molecule has 0 aromatic carbocycles. The number of hydrogen-bond acceptors (Lipinski definition) is 6. The first-order chi connectivity index (χ1) is 8.58. The summed E-state index contributed by atoms with van der Waals surface area (Å²) in [4.78, 5) is 8.84. The zero-order chi connectivity index (χ0) is 13.1. The minimum absolute atomic E-state index is 0.681. The van der Waals surface area contributed by atoms with E-state index in [-0.39, 0.29) is 0 Å². The molecule has 0 saturated heterocycles. The van der Waals surface area contributed by atoms with Gasteiger partial charge in [0.15, 0.2) is 0 Å². The summed E-state index contributed by atoms with van der Waals surface area (Å²) in [6.07, 6.45) is 0. The van der Waals surface area contributed by atoms with E-state index in [0.717, 1.165) is 11.4 Å². The van der Waals surface area contributed by atoms with Crippen LogP contribution in [-0.4, -0.2) is 24.1 Å². The molecule has 0 atom stereocenters. The quantitative estimate of drug-likeness (QED) is 0.612. The average Bonchev–Trinajstić information content (AvgIpc) is 2.39. The number of nitrogens with two attached hydrogens (primary N) is 2. The van der Waals surface area contributed by atoms with E-state index in [1.807, 2.05) is 36.4 Å². The minimum Gasteiger partial charge on any atom is -0.298 e. The van der Waals surface area contributed by atoms with Gasteiger partial charge in [-0.05, 0) is 24.3 Å². The van der Waals surface area contributed by atoms with Crippen molar-refractivity contribution in [2.24, 2.45) is 11.7 Å². The van der Waals surface area contributed by atoms with Crippen LogP contribution in [0.15, 0.2) is 36.4 Å². The lowest BCUT2D eigenvalue weighted by Crippen LogP contribution is -2.26. The molecule has 0 amide bonds. The molecular weight excluding hydrogens is 228 g/mol. The molecule has 2 aromatic heterocycles. The molecule has 0 aliphatic carbocycles. The molecule has 0 saturated carbocycles. The molecule has 4 N–H and O–H groups in total. The van der Waals surface area contributed by atoms with Crippen LogP contribution >= 0.6 is 0 Å². The predicted octanol–water partition coefficient (Wildman–Crippen LogP) is 0.763. The fourth-order valence-corrected chi connectivity index (χ4v) is 1.52. The lowest BCUT2D eigenvalue weighted by atomic mass is 10.2. The Morgan fingerprint density at radius 2 is 1.17 bits per heavy atom. The van der Waals surface area contributed by atoms with Crippen LogP contribution < -0.4 is 21.7 Å². The molecule has 0 unspecified atom stereocenters. The molecule has 0 radical (unpaired) electrons. The Kier molecular flexibility index (Phi) is 3.40. The molecule has 2 heterocycles. The molecule has 0 bridgehead atoms. The average molecular weight is 244 g/mol. The molecule has 2 aromatic rings. The third-order valence-corrected chi connectivity index (χ3v) is 2.45. The van der Waals surface area contributed by atoms with Crippen molar-refractivity contribution < 1.29 is 0 Å². The Labute approximate surface area is 106 Å². The third-order valence-electron chi connectivity index (χ3n) is 2.45. The van der Waals surface area contributed by atoms with E-state index in [4.69, 9.17) is 11.7 Å². The normalized spacial score (nSPS) is 10.2. The summed E-state index contributed by atoms with van der Waals surface area (Å²) in [5.41, 5.74) is 1.52. The van der Waals surface area contributed by atoms with Crippen molar-refractivity contribution in [1.82, 2.24) is 9.97 Å². The summed E-state index contributed by atoms with van der Waals surface area (Å²) in [5.74, 6) is 12.7. The van der Waals surface area contributed by atoms with Gasteiger partial charge in [-0.25, -0.2) is 21.7 Å². The van der Waals surface area contributed by atoms with Crippen LogP contribution in [0.5, 0.6) is 0 Å². The van der Waals surface area contributed by atoms with E-state index in [1.54, 1.807) is 14.1 Å². The standard InChI is InChI=1S/C12H16N6/c1-17(13)11-7-3-5-9(15-11)10-6-4-8-12(16-10)18(2)14/h3-8H,13-14H2,1-2H3. The van der Waals surface area contributed by atoms with Gasteiger partial charge in [0, 0.05) is 14.1 Å². The van der Waals surface area contributed by atoms with Crippen LogP contribution in [0.4, 0.5) is 11.6 Å². The Hall–Kier alpha value is -2.18. The molecule has 0 aliphatic rings. The number of hydrogen-bond donors (Lipinski definition) is 2. The van der Waals surface area contributed by atoms with E-state index in [1.165, 1.54) is 10.0 Å². The molecule has 6 heteroatoms. The van der Waals surface area contributed by atoms with Gasteiger partial charge in [-0.15, -0.1) is 0 Å². The predicted molar refractivity (Wildman–Crippen MR) is 72.6 cm³/mol. The molecule has 0 fully saturated rings. The Morgan fingerprint density at radius 1 is 0.778 bits per heavy atom. The fraction of sp³-hybridized carbons (Fsp3) is 0.167. The van der Waals surface area contributed by atoms with Gasteiger partial charge in [-0.2, -0.15) is 0 Å². The van der Waals surface area contributed by atoms with Gasteiger partial charge < -0.3 is 0 Å². The minimum atomic E-state index is 0.681. The summed E-state index contributed by atoms with van der Waals surface area (Å²) in [6.45, 7) is 0. The van der Waals surface area contributed by atoms with Gasteiger partial charge in [0.05, 0.1) is 11.4 Å². The SMILES string of the molecule is CN(N)c1cccc(-c2cccc(N(C)N)n2)n1. The van der Waals surface area contributed by atoms with Crippen molar-refractivity contribution in [3.8, 4) is 11.4 Å². The molecule has 0 aliphatic heterocycles. The lowest BCUT2D eigenvalue weighted by molar-refractivity contribution is 0.968. The van der Waals surface area contributed by atoms with Crippen LogP contribution in [-0.2, 0) is 0 Å². The van der Waals surface area contributed by atoms with Crippen LogP contribution in [0, 0.1) is 0 Å². The van der Waals surface area contributed by atoms with Crippen molar-refractivity contribution in [3.63, 3.8) is 0 Å². The van der Waals surface area contributed by atoms with Gasteiger partial charge in [-0.1, -0.05) is 12.1 Å². The summed E-state index contributed by atoms with van der Waals surface area (Å²) < 4.78 is 0. The highest BCUT2D eigenvalue weighted by Crippen LogP contribution is 2.19. The zero-order valence-corrected chi connectivity index (χ0v) is 10.4. The molecular formula is C12H16N6. The monoisotopic (exact) mass is 244 g/mol. The molecule has 6 nitrogen and oxygen atoms in total. The highest BCUT2D eigenvalue weighted by Gasteiger charge is 2.05. The van der Waals surface area contributed by atoms with Crippen molar-refractivity contribution in [2.75, 3.05) is 24.1 Å². The van der Waals surface area contributed by atoms with E-state index in [0.29, 0.717) is 11.6 Å². The van der Waals surface area contributed by atoms with Crippen LogP contribution in [0.2, 0.25) is 0 Å². The molecule has 0 spiro atoms. The van der Waals surface area contributed by atoms with Crippen LogP contribution in [0.3, 0.4) is 0 Å². The second-order valence-corrected chi connectivity index (χ2v) is 3.98. The Balaban J connectivity index is 2.42. The second-order valence-electron chi connectivity index (χ2n) is 3.98. The van der Waals surface area contributed by atoms with E-state index in [2.05, 4.69) is 9.97 Å². The first-order valence-corrected chi connectivity index (χ1v) is 5.49. The van der Waals surface area contributed by atoms with Crippen molar-refractivity contribution in [2.45, 2.75) is 0 Å². The smallest absolute Gasteiger partial charge is 0.143 e. The van der Waals surface area contributed by atoms with Crippen molar-refractivity contribution in [3.05, 3.63) is 36.4 Å². The maximum atomic E-state index is 5.66. The number of hydrazine groups is 2. The number of anilines is 2. The number of aromatic nitrogens is 2. The maximum absolute atomic E-state index is 5.66. The zero-order valence-electron chi connectivity index (χ0n) is 10.4. The summed E-state index contributed by atoms with van der Waals surface area (Å²) in [7, 11) is 3.48. The largest absolute Gasteiger partial charge is 0.298 e. The van der Waals surface area contributed by atoms with Gasteiger partial charge in [0.25, 0.3) is 0 Å². The first-order valence-electron chi connectivity index (χ1n) is 5.49. The van der Waals surface area contributed by atoms with Crippen LogP contribution in [0.1, 0.15) is 0 Å². The number of rotatable bonds is 3. The molecule has 18 heavy (non-hydrogen) atoms. The first kappa shape index (κ1) is 12.3. The summed E-state index contributed by atoms with van der Waals surface area (Å²) in [5, 5.41) is 2.92. The second kappa shape index (κ2) is 4.99. The van der Waals surface area contributed by atoms with Gasteiger partial charge in [-0.3, -0.25) is 10.0 Å². The van der Waals surface area contributed by atoms with Crippen molar-refractivity contribution >= 4 is 11.6 Å². The summed E-state index contributed by atoms with van der Waals surface area (Å²) in [6, 6.07) is 11.2. The Bertz CT molecular complexity index is 488. The molecule has 2 rings (SSSR count). The number of nitrogens with zero attached hydrogens (tertiary/aromatic N) is 4. The van der Waals surface area contributed by atoms with Crippen molar-refractivity contribution in [1.29, 1.82) is 0 Å². The highest BCUT2D eigenvalue weighted by molar-refractivity contribution is 5.59. The van der Waals surface area contributed by atoms with E-state index >= 15 is 0 Å². The third kappa shape index (κ3) is 2.55. The molecule has 94 valence electrons. The van der Waals surface area contributed by atoms with E-state index < -0.39 is 0 Å². The fourth-order valence-electron chi connectivity index (χ4n) is 1.52. The van der Waals surface area contributed by atoms with Crippen LogP contribution in [0.25, 0.3) is 11.4 Å². The van der Waals surface area contributed by atoms with Gasteiger partial charge >= 0.3 is 0 Å². The lowest BCUT2D eigenvalue weighted by Gasteiger charge is -2.13. The summed E-state index contributed by atoms with van der Waals surface area (Å²) >= 11 is 0. The topological polar surface area (TPSA) is 84.3 Å². The van der Waals surface area contributed by atoms with Gasteiger partial charge in [0.2, 0.25) is 0 Å². The van der Waals surface area contributed by atoms with Gasteiger partial charge in [0.1, 0.15) is 11.6 Å². The van der Waals surface area contributed by atoms with E-state index in [9.17, 15) is 0 Å².